The lowest BCUT2D eigenvalue weighted by Gasteiger charge is -2.25. The van der Waals surface area contributed by atoms with Gasteiger partial charge in [0.1, 0.15) is 5.82 Å². The number of piperidine rings is 1. The Balaban J connectivity index is 2.12. The number of benzene rings is 1. The zero-order valence-electron chi connectivity index (χ0n) is 10.3. The molecular formula is C13H17FN2O2. The van der Waals surface area contributed by atoms with Gasteiger partial charge >= 0.3 is 5.97 Å². The predicted octanol–water partition coefficient (Wildman–Crippen LogP) is 1.78. The molecule has 1 atom stereocenters. The van der Waals surface area contributed by atoms with Crippen molar-refractivity contribution in [2.75, 3.05) is 25.5 Å². The molecule has 1 saturated heterocycles. The van der Waals surface area contributed by atoms with E-state index in [1.165, 1.54) is 25.3 Å². The quantitative estimate of drug-likeness (QED) is 0.805. The van der Waals surface area contributed by atoms with Crippen LogP contribution in [0.5, 0.6) is 0 Å². The van der Waals surface area contributed by atoms with E-state index in [1.807, 2.05) is 0 Å². The number of hydrogen-bond acceptors (Lipinski definition) is 4. The van der Waals surface area contributed by atoms with Crippen molar-refractivity contribution in [2.24, 2.45) is 0 Å². The highest BCUT2D eigenvalue weighted by Crippen LogP contribution is 2.19. The summed E-state index contributed by atoms with van der Waals surface area (Å²) in [6, 6.07) is 4.40. The first-order valence-corrected chi connectivity index (χ1v) is 6.06. The lowest BCUT2D eigenvalue weighted by molar-refractivity contribution is 0.0600. The van der Waals surface area contributed by atoms with E-state index >= 15 is 0 Å². The van der Waals surface area contributed by atoms with Gasteiger partial charge in [-0.25, -0.2) is 9.18 Å². The topological polar surface area (TPSA) is 50.4 Å². The van der Waals surface area contributed by atoms with Crippen LogP contribution in [0.3, 0.4) is 0 Å². The van der Waals surface area contributed by atoms with Gasteiger partial charge < -0.3 is 15.4 Å². The van der Waals surface area contributed by atoms with Crippen LogP contribution in [0.15, 0.2) is 18.2 Å². The molecule has 1 aromatic rings. The molecule has 2 rings (SSSR count). The normalized spacial score (nSPS) is 19.3. The van der Waals surface area contributed by atoms with Gasteiger partial charge in [-0.15, -0.1) is 0 Å². The highest BCUT2D eigenvalue weighted by molar-refractivity contribution is 5.90. The molecule has 1 fully saturated rings. The fourth-order valence-corrected chi connectivity index (χ4v) is 2.08. The first kappa shape index (κ1) is 12.8. The van der Waals surface area contributed by atoms with Gasteiger partial charge in [-0.05, 0) is 37.6 Å². The molecule has 5 heteroatoms. The zero-order chi connectivity index (χ0) is 13.0. The molecule has 0 amide bonds. The maximum atomic E-state index is 13.7. The van der Waals surface area contributed by atoms with Gasteiger partial charge in [-0.1, -0.05) is 0 Å². The lowest BCUT2D eigenvalue weighted by atomic mass is 10.1. The van der Waals surface area contributed by atoms with Crippen LogP contribution in [0.1, 0.15) is 23.2 Å². The third-order valence-electron chi connectivity index (χ3n) is 3.04. The Labute approximate surface area is 106 Å². The van der Waals surface area contributed by atoms with Crippen LogP contribution in [-0.2, 0) is 4.74 Å². The molecule has 0 bridgehead atoms. The molecule has 0 spiro atoms. The van der Waals surface area contributed by atoms with Crippen LogP contribution >= 0.6 is 0 Å². The number of rotatable bonds is 3. The second-order valence-electron chi connectivity index (χ2n) is 4.37. The summed E-state index contributed by atoms with van der Waals surface area (Å²) in [5.41, 5.74) is 0.705. The van der Waals surface area contributed by atoms with Crippen LogP contribution in [-0.4, -0.2) is 32.2 Å². The van der Waals surface area contributed by atoms with Crippen molar-refractivity contribution in [1.29, 1.82) is 0 Å². The van der Waals surface area contributed by atoms with Gasteiger partial charge in [0.05, 0.1) is 18.4 Å². The average Bonchev–Trinajstić information content (AvgIpc) is 2.41. The standard InChI is InChI=1S/C13H17FN2O2/c1-18-13(17)9-4-5-11(14)12(7-9)16-10-3-2-6-15-8-10/h4-5,7,10,15-16H,2-3,6,8H2,1H3. The van der Waals surface area contributed by atoms with Crippen molar-refractivity contribution in [1.82, 2.24) is 5.32 Å². The number of nitrogens with one attached hydrogen (secondary N) is 2. The Morgan fingerprint density at radius 3 is 3.06 bits per heavy atom. The number of carbonyl (C=O) groups is 1. The molecule has 0 radical (unpaired) electrons. The molecule has 0 saturated carbocycles. The summed E-state index contributed by atoms with van der Waals surface area (Å²) in [4.78, 5) is 11.4. The summed E-state index contributed by atoms with van der Waals surface area (Å²) >= 11 is 0. The second-order valence-corrected chi connectivity index (χ2v) is 4.37. The summed E-state index contributed by atoms with van der Waals surface area (Å²) in [6.07, 6.45) is 2.06. The number of hydrogen-bond donors (Lipinski definition) is 2. The van der Waals surface area contributed by atoms with Gasteiger partial charge in [0.15, 0.2) is 0 Å². The summed E-state index contributed by atoms with van der Waals surface area (Å²) in [5, 5.41) is 6.37. The van der Waals surface area contributed by atoms with Crippen molar-refractivity contribution in [2.45, 2.75) is 18.9 Å². The van der Waals surface area contributed by atoms with Gasteiger partial charge in [-0.3, -0.25) is 0 Å². The number of carbonyl (C=O) groups excluding carboxylic acids is 1. The Kier molecular flexibility index (Phi) is 4.15. The molecule has 0 aromatic heterocycles. The highest BCUT2D eigenvalue weighted by Gasteiger charge is 2.16. The van der Waals surface area contributed by atoms with E-state index in [0.717, 1.165) is 25.9 Å². The largest absolute Gasteiger partial charge is 0.465 e. The average molecular weight is 252 g/mol. The maximum Gasteiger partial charge on any atom is 0.337 e. The molecule has 4 nitrogen and oxygen atoms in total. The minimum atomic E-state index is -0.459. The Bertz CT molecular complexity index is 431. The van der Waals surface area contributed by atoms with Gasteiger partial charge in [0, 0.05) is 12.6 Å². The number of esters is 1. The summed E-state index contributed by atoms with van der Waals surface area (Å²) in [6.45, 7) is 1.81. The molecule has 2 N–H and O–H groups in total. The SMILES string of the molecule is COC(=O)c1ccc(F)c(NC2CCCNC2)c1. The molecule has 18 heavy (non-hydrogen) atoms. The predicted molar refractivity (Wildman–Crippen MR) is 67.3 cm³/mol. The number of anilines is 1. The van der Waals surface area contributed by atoms with E-state index in [9.17, 15) is 9.18 Å². The minimum Gasteiger partial charge on any atom is -0.465 e. The Hall–Kier alpha value is -1.62. The molecule has 0 aliphatic carbocycles. The van der Waals surface area contributed by atoms with Crippen LogP contribution in [0, 0.1) is 5.82 Å². The molecule has 1 heterocycles. The van der Waals surface area contributed by atoms with Crippen LogP contribution in [0.25, 0.3) is 0 Å². The van der Waals surface area contributed by atoms with Crippen molar-refractivity contribution in [3.05, 3.63) is 29.6 Å². The minimum absolute atomic E-state index is 0.196. The first-order chi connectivity index (χ1) is 8.70. The molecule has 1 aliphatic rings. The van der Waals surface area contributed by atoms with E-state index in [-0.39, 0.29) is 11.9 Å². The van der Waals surface area contributed by atoms with Crippen LogP contribution in [0.4, 0.5) is 10.1 Å². The molecule has 1 unspecified atom stereocenters. The van der Waals surface area contributed by atoms with Crippen LogP contribution < -0.4 is 10.6 Å². The van der Waals surface area contributed by atoms with Crippen molar-refractivity contribution in [3.63, 3.8) is 0 Å². The summed E-state index contributed by atoms with van der Waals surface area (Å²) in [5.74, 6) is -0.812. The number of halogens is 1. The highest BCUT2D eigenvalue weighted by atomic mass is 19.1. The molecule has 98 valence electrons. The van der Waals surface area contributed by atoms with Gasteiger partial charge in [-0.2, -0.15) is 0 Å². The van der Waals surface area contributed by atoms with Gasteiger partial charge in [0.25, 0.3) is 0 Å². The zero-order valence-corrected chi connectivity index (χ0v) is 10.3. The van der Waals surface area contributed by atoms with Crippen molar-refractivity contribution in [3.8, 4) is 0 Å². The van der Waals surface area contributed by atoms with Crippen LogP contribution in [0.2, 0.25) is 0 Å². The number of ether oxygens (including phenoxy) is 1. The second kappa shape index (κ2) is 5.82. The van der Waals surface area contributed by atoms with Crippen molar-refractivity contribution < 1.29 is 13.9 Å². The summed E-state index contributed by atoms with van der Waals surface area (Å²) < 4.78 is 18.3. The van der Waals surface area contributed by atoms with E-state index in [0.29, 0.717) is 11.3 Å². The van der Waals surface area contributed by atoms with E-state index < -0.39 is 5.97 Å². The van der Waals surface area contributed by atoms with E-state index in [2.05, 4.69) is 15.4 Å². The Morgan fingerprint density at radius 2 is 2.39 bits per heavy atom. The summed E-state index contributed by atoms with van der Waals surface area (Å²) in [7, 11) is 1.31. The Morgan fingerprint density at radius 1 is 1.56 bits per heavy atom. The molecule has 1 aromatic carbocycles. The van der Waals surface area contributed by atoms with Crippen molar-refractivity contribution >= 4 is 11.7 Å². The third kappa shape index (κ3) is 2.98. The third-order valence-corrected chi connectivity index (χ3v) is 3.04. The smallest absolute Gasteiger partial charge is 0.337 e. The van der Waals surface area contributed by atoms with E-state index in [4.69, 9.17) is 0 Å². The maximum absolute atomic E-state index is 13.7. The fraction of sp³-hybridized carbons (Fsp3) is 0.462. The lowest BCUT2D eigenvalue weighted by Crippen LogP contribution is -2.38. The van der Waals surface area contributed by atoms with Gasteiger partial charge in [0.2, 0.25) is 0 Å². The fourth-order valence-electron chi connectivity index (χ4n) is 2.08. The first-order valence-electron chi connectivity index (χ1n) is 6.06. The molecule has 1 aliphatic heterocycles. The molecular weight excluding hydrogens is 235 g/mol. The number of methoxy groups -OCH3 is 1. The van der Waals surface area contributed by atoms with E-state index in [1.54, 1.807) is 0 Å². The monoisotopic (exact) mass is 252 g/mol.